The number of halogens is 3. The summed E-state index contributed by atoms with van der Waals surface area (Å²) in [5, 5.41) is 5.07. The van der Waals surface area contributed by atoms with Crippen LogP contribution < -0.4 is 5.32 Å². The lowest BCUT2D eigenvalue weighted by Gasteiger charge is -2.10. The van der Waals surface area contributed by atoms with Gasteiger partial charge in [0.15, 0.2) is 0 Å². The Labute approximate surface area is 133 Å². The summed E-state index contributed by atoms with van der Waals surface area (Å²) in [5.41, 5.74) is 2.81. The second-order valence-electron chi connectivity index (χ2n) is 4.98. The van der Waals surface area contributed by atoms with E-state index >= 15 is 0 Å². The van der Waals surface area contributed by atoms with E-state index in [1.54, 1.807) is 18.3 Å². The lowest BCUT2D eigenvalue weighted by atomic mass is 10.1. The van der Waals surface area contributed by atoms with Gasteiger partial charge in [-0.3, -0.25) is 4.98 Å². The fraction of sp³-hybridized carbons (Fsp3) is 0.267. The molecule has 0 radical (unpaired) electrons. The van der Waals surface area contributed by atoms with Crippen LogP contribution in [0.3, 0.4) is 0 Å². The molecule has 1 aliphatic rings. The molecule has 1 aromatic carbocycles. The number of rotatable bonds is 4. The first-order valence-corrected chi connectivity index (χ1v) is 7.59. The van der Waals surface area contributed by atoms with Crippen LogP contribution in [0, 0.1) is 0 Å². The average molecular weight is 328 g/mol. The van der Waals surface area contributed by atoms with Crippen LogP contribution in [0.25, 0.3) is 11.1 Å². The third-order valence-electron chi connectivity index (χ3n) is 3.26. The summed E-state index contributed by atoms with van der Waals surface area (Å²) in [4.78, 5) is 4.27. The molecule has 0 unspecified atom stereocenters. The van der Waals surface area contributed by atoms with Gasteiger partial charge >= 0.3 is 0 Å². The molecule has 3 rings (SSSR count). The fourth-order valence-corrected chi connectivity index (χ4v) is 3.12. The third-order valence-corrected chi connectivity index (χ3v) is 4.08. The summed E-state index contributed by atoms with van der Waals surface area (Å²) in [7, 11) is 0. The van der Waals surface area contributed by atoms with Crippen LogP contribution in [0.5, 0.6) is 0 Å². The Morgan fingerprint density at radius 3 is 2.40 bits per heavy atom. The Balaban J connectivity index is 1.91. The molecule has 5 heteroatoms. The molecule has 2 aromatic rings. The topological polar surface area (TPSA) is 24.9 Å². The molecule has 0 saturated heterocycles. The quantitative estimate of drug-likeness (QED) is 0.858. The van der Waals surface area contributed by atoms with Gasteiger partial charge in [0.25, 0.3) is 0 Å². The number of benzene rings is 1. The van der Waals surface area contributed by atoms with Crippen molar-refractivity contribution in [3.63, 3.8) is 0 Å². The van der Waals surface area contributed by atoms with E-state index in [1.165, 1.54) is 12.8 Å². The van der Waals surface area contributed by atoms with E-state index in [0.717, 1.165) is 23.2 Å². The standard InChI is InChI=1S/C15H13Cl3N2/c16-11-4-13(17)15(14(18)5-11)10-3-9(6-19-8-10)7-20-12-1-2-12/h3-6,8,12,20H,1-2,7H2. The van der Waals surface area contributed by atoms with Crippen molar-refractivity contribution in [2.45, 2.75) is 25.4 Å². The largest absolute Gasteiger partial charge is 0.310 e. The van der Waals surface area contributed by atoms with Crippen molar-refractivity contribution in [3.05, 3.63) is 51.2 Å². The zero-order valence-corrected chi connectivity index (χ0v) is 12.9. The first-order valence-electron chi connectivity index (χ1n) is 6.46. The van der Waals surface area contributed by atoms with Gasteiger partial charge in [0.05, 0.1) is 10.0 Å². The maximum absolute atomic E-state index is 6.25. The Morgan fingerprint density at radius 2 is 1.75 bits per heavy atom. The minimum absolute atomic E-state index is 0.531. The molecular weight excluding hydrogens is 315 g/mol. The van der Waals surface area contributed by atoms with Gasteiger partial charge < -0.3 is 5.32 Å². The highest BCUT2D eigenvalue weighted by Gasteiger charge is 2.20. The molecule has 0 atom stereocenters. The molecule has 104 valence electrons. The smallest absolute Gasteiger partial charge is 0.0514 e. The second kappa shape index (κ2) is 5.90. The molecule has 1 aromatic heterocycles. The van der Waals surface area contributed by atoms with Crippen molar-refractivity contribution in [1.82, 2.24) is 10.3 Å². The first-order chi connectivity index (χ1) is 9.63. The molecule has 1 N–H and O–H groups in total. The minimum atomic E-state index is 0.531. The van der Waals surface area contributed by atoms with Crippen molar-refractivity contribution in [3.8, 4) is 11.1 Å². The Hall–Kier alpha value is -0.800. The number of aromatic nitrogens is 1. The van der Waals surface area contributed by atoms with Crippen LogP contribution in [-0.4, -0.2) is 11.0 Å². The molecule has 0 amide bonds. The normalized spacial score (nSPS) is 14.6. The van der Waals surface area contributed by atoms with Gasteiger partial charge in [0.2, 0.25) is 0 Å². The molecule has 2 nitrogen and oxygen atoms in total. The maximum Gasteiger partial charge on any atom is 0.0514 e. The van der Waals surface area contributed by atoms with Gasteiger partial charge in [-0.05, 0) is 36.6 Å². The van der Waals surface area contributed by atoms with E-state index in [1.807, 2.05) is 6.20 Å². The average Bonchev–Trinajstić information content (AvgIpc) is 3.19. The first kappa shape index (κ1) is 14.2. The summed E-state index contributed by atoms with van der Waals surface area (Å²) in [6.45, 7) is 0.814. The lowest BCUT2D eigenvalue weighted by molar-refractivity contribution is 0.686. The Kier molecular flexibility index (Phi) is 4.18. The monoisotopic (exact) mass is 326 g/mol. The summed E-state index contributed by atoms with van der Waals surface area (Å²) in [6, 6.07) is 6.11. The molecule has 0 aliphatic heterocycles. The third kappa shape index (κ3) is 3.26. The zero-order chi connectivity index (χ0) is 14.1. The van der Waals surface area contributed by atoms with E-state index in [0.29, 0.717) is 21.1 Å². The number of pyridine rings is 1. The molecule has 0 bridgehead atoms. The van der Waals surface area contributed by atoms with Gasteiger partial charge in [-0.1, -0.05) is 34.8 Å². The Morgan fingerprint density at radius 1 is 1.05 bits per heavy atom. The zero-order valence-electron chi connectivity index (χ0n) is 10.7. The fourth-order valence-electron chi connectivity index (χ4n) is 2.09. The number of hydrogen-bond acceptors (Lipinski definition) is 2. The number of nitrogens with one attached hydrogen (secondary N) is 1. The van der Waals surface area contributed by atoms with E-state index in [-0.39, 0.29) is 0 Å². The SMILES string of the molecule is Clc1cc(Cl)c(-c2cncc(CNC3CC3)c2)c(Cl)c1. The van der Waals surface area contributed by atoms with Gasteiger partial charge in [-0.25, -0.2) is 0 Å². The van der Waals surface area contributed by atoms with E-state index < -0.39 is 0 Å². The van der Waals surface area contributed by atoms with Crippen molar-refractivity contribution in [2.75, 3.05) is 0 Å². The second-order valence-corrected chi connectivity index (χ2v) is 6.23. The number of hydrogen-bond donors (Lipinski definition) is 1. The summed E-state index contributed by atoms with van der Waals surface area (Å²) < 4.78 is 0. The summed E-state index contributed by atoms with van der Waals surface area (Å²) in [5.74, 6) is 0. The number of nitrogens with zero attached hydrogens (tertiary/aromatic N) is 1. The molecule has 1 heterocycles. The Bertz CT molecular complexity index is 616. The predicted octanol–water partition coefficient (Wildman–Crippen LogP) is 4.96. The lowest BCUT2D eigenvalue weighted by Crippen LogP contribution is -2.15. The summed E-state index contributed by atoms with van der Waals surface area (Å²) in [6.07, 6.45) is 6.15. The molecule has 20 heavy (non-hydrogen) atoms. The maximum atomic E-state index is 6.25. The van der Waals surface area contributed by atoms with E-state index in [2.05, 4.69) is 16.4 Å². The van der Waals surface area contributed by atoms with Crippen LogP contribution in [0.1, 0.15) is 18.4 Å². The highest BCUT2D eigenvalue weighted by Crippen LogP contribution is 2.37. The summed E-state index contributed by atoms with van der Waals surface area (Å²) >= 11 is 18.4. The van der Waals surface area contributed by atoms with Crippen LogP contribution in [0.4, 0.5) is 0 Å². The minimum Gasteiger partial charge on any atom is -0.310 e. The van der Waals surface area contributed by atoms with Gasteiger partial charge in [0.1, 0.15) is 0 Å². The van der Waals surface area contributed by atoms with Gasteiger partial charge in [-0.2, -0.15) is 0 Å². The molecule has 1 saturated carbocycles. The van der Waals surface area contributed by atoms with E-state index in [4.69, 9.17) is 34.8 Å². The van der Waals surface area contributed by atoms with Crippen LogP contribution in [0.2, 0.25) is 15.1 Å². The van der Waals surface area contributed by atoms with Crippen molar-refractivity contribution in [1.29, 1.82) is 0 Å². The van der Waals surface area contributed by atoms with E-state index in [9.17, 15) is 0 Å². The van der Waals surface area contributed by atoms with Crippen molar-refractivity contribution in [2.24, 2.45) is 0 Å². The van der Waals surface area contributed by atoms with Crippen molar-refractivity contribution >= 4 is 34.8 Å². The molecule has 1 aliphatic carbocycles. The molecule has 1 fully saturated rings. The molecule has 0 spiro atoms. The molecular formula is C15H13Cl3N2. The highest BCUT2D eigenvalue weighted by molar-refractivity contribution is 6.41. The van der Waals surface area contributed by atoms with Crippen LogP contribution in [-0.2, 0) is 6.54 Å². The van der Waals surface area contributed by atoms with Crippen LogP contribution >= 0.6 is 34.8 Å². The highest BCUT2D eigenvalue weighted by atomic mass is 35.5. The van der Waals surface area contributed by atoms with Crippen molar-refractivity contribution < 1.29 is 0 Å². The van der Waals surface area contributed by atoms with Crippen LogP contribution in [0.15, 0.2) is 30.6 Å². The van der Waals surface area contributed by atoms with Gasteiger partial charge in [-0.15, -0.1) is 0 Å². The van der Waals surface area contributed by atoms with Gasteiger partial charge in [0, 0.05) is 41.1 Å². The predicted molar refractivity (Wildman–Crippen MR) is 84.6 cm³/mol.